The molecule has 0 amide bonds. The van der Waals surface area contributed by atoms with Crippen LogP contribution in [0.25, 0.3) is 0 Å². The zero-order chi connectivity index (χ0) is 9.68. The Kier molecular flexibility index (Phi) is 4.24. The van der Waals surface area contributed by atoms with E-state index >= 15 is 0 Å². The molecule has 0 radical (unpaired) electrons. The summed E-state index contributed by atoms with van der Waals surface area (Å²) < 4.78 is 0. The first-order chi connectivity index (χ1) is 6.29. The van der Waals surface area contributed by atoms with Gasteiger partial charge < -0.3 is 5.32 Å². The third kappa shape index (κ3) is 2.70. The molecule has 1 aliphatic rings. The molecule has 13 heavy (non-hydrogen) atoms. The first-order valence-corrected chi connectivity index (χ1v) is 5.40. The number of hydrogen-bond donors (Lipinski definition) is 1. The second-order valence-electron chi connectivity index (χ2n) is 4.07. The molecular formula is C11H20N2. The lowest BCUT2D eigenvalue weighted by Gasteiger charge is -2.20. The van der Waals surface area contributed by atoms with Gasteiger partial charge in [0.15, 0.2) is 0 Å². The predicted octanol–water partition coefficient (Wildman–Crippen LogP) is 2.31. The van der Waals surface area contributed by atoms with E-state index in [9.17, 15) is 0 Å². The van der Waals surface area contributed by atoms with Crippen molar-refractivity contribution in [2.24, 2.45) is 11.8 Å². The second-order valence-corrected chi connectivity index (χ2v) is 4.07. The Hall–Kier alpha value is -0.550. The molecule has 0 aromatic rings. The number of nitriles is 1. The van der Waals surface area contributed by atoms with Gasteiger partial charge >= 0.3 is 0 Å². The summed E-state index contributed by atoms with van der Waals surface area (Å²) in [4.78, 5) is 0. The monoisotopic (exact) mass is 180 g/mol. The highest BCUT2D eigenvalue weighted by atomic mass is 14.9. The lowest BCUT2D eigenvalue weighted by atomic mass is 9.93. The minimum Gasteiger partial charge on any atom is -0.313 e. The molecule has 0 saturated heterocycles. The summed E-state index contributed by atoms with van der Waals surface area (Å²) in [6, 6.07) is 2.83. The van der Waals surface area contributed by atoms with Crippen molar-refractivity contribution < 1.29 is 0 Å². The van der Waals surface area contributed by atoms with Gasteiger partial charge in [0, 0.05) is 19.0 Å². The minimum atomic E-state index is 0.639. The number of rotatable bonds is 4. The molecule has 0 bridgehead atoms. The molecule has 1 saturated carbocycles. The molecule has 74 valence electrons. The first-order valence-electron chi connectivity index (χ1n) is 5.40. The van der Waals surface area contributed by atoms with E-state index in [4.69, 9.17) is 5.26 Å². The van der Waals surface area contributed by atoms with E-state index in [1.54, 1.807) is 0 Å². The summed E-state index contributed by atoms with van der Waals surface area (Å²) in [6.45, 7) is 5.48. The first kappa shape index (κ1) is 10.5. The molecule has 1 fully saturated rings. The summed E-state index contributed by atoms with van der Waals surface area (Å²) in [6.07, 6.45) is 4.60. The van der Waals surface area contributed by atoms with E-state index in [2.05, 4.69) is 25.2 Å². The Morgan fingerprint density at radius 2 is 2.23 bits per heavy atom. The van der Waals surface area contributed by atoms with Crippen molar-refractivity contribution in [1.82, 2.24) is 5.32 Å². The third-order valence-electron chi connectivity index (χ3n) is 3.39. The molecule has 0 heterocycles. The van der Waals surface area contributed by atoms with Gasteiger partial charge in [-0.05, 0) is 24.7 Å². The van der Waals surface area contributed by atoms with E-state index in [0.29, 0.717) is 12.5 Å². The van der Waals surface area contributed by atoms with Crippen molar-refractivity contribution in [3.8, 4) is 6.07 Å². The minimum absolute atomic E-state index is 0.639. The van der Waals surface area contributed by atoms with Gasteiger partial charge in [0.2, 0.25) is 0 Å². The van der Waals surface area contributed by atoms with Gasteiger partial charge in [0.1, 0.15) is 0 Å². The zero-order valence-corrected chi connectivity index (χ0v) is 8.71. The largest absolute Gasteiger partial charge is 0.313 e. The van der Waals surface area contributed by atoms with Crippen LogP contribution in [-0.4, -0.2) is 12.6 Å². The van der Waals surface area contributed by atoms with Crippen LogP contribution in [0.2, 0.25) is 0 Å². The molecule has 1 aliphatic carbocycles. The lowest BCUT2D eigenvalue weighted by molar-refractivity contribution is 0.347. The van der Waals surface area contributed by atoms with Crippen molar-refractivity contribution in [2.75, 3.05) is 6.54 Å². The van der Waals surface area contributed by atoms with E-state index in [-0.39, 0.29) is 0 Å². The van der Waals surface area contributed by atoms with Crippen LogP contribution in [0.1, 0.15) is 39.5 Å². The Balaban J connectivity index is 2.25. The van der Waals surface area contributed by atoms with Crippen LogP contribution >= 0.6 is 0 Å². The molecule has 0 aromatic carbocycles. The van der Waals surface area contributed by atoms with E-state index in [1.165, 1.54) is 19.3 Å². The van der Waals surface area contributed by atoms with Crippen molar-refractivity contribution in [3.63, 3.8) is 0 Å². The van der Waals surface area contributed by atoms with Gasteiger partial charge in [0.05, 0.1) is 6.07 Å². The number of hydrogen-bond acceptors (Lipinski definition) is 2. The molecular weight excluding hydrogens is 160 g/mol. The fourth-order valence-corrected chi connectivity index (χ4v) is 2.43. The maximum absolute atomic E-state index is 8.41. The summed E-state index contributed by atoms with van der Waals surface area (Å²) in [5.41, 5.74) is 0. The van der Waals surface area contributed by atoms with Gasteiger partial charge in [0.25, 0.3) is 0 Å². The summed E-state index contributed by atoms with van der Waals surface area (Å²) in [5, 5.41) is 11.9. The zero-order valence-electron chi connectivity index (χ0n) is 8.71. The molecule has 1 rings (SSSR count). The quantitative estimate of drug-likeness (QED) is 0.674. The Morgan fingerprint density at radius 1 is 1.46 bits per heavy atom. The lowest BCUT2D eigenvalue weighted by Crippen LogP contribution is -2.33. The molecule has 0 aromatic heterocycles. The molecule has 3 unspecified atom stereocenters. The Morgan fingerprint density at radius 3 is 2.77 bits per heavy atom. The molecule has 2 heteroatoms. The SMILES string of the molecule is CCC1CCC(NCCC#N)C1C. The average Bonchev–Trinajstić information content (AvgIpc) is 2.48. The van der Waals surface area contributed by atoms with Crippen LogP contribution in [0, 0.1) is 23.2 Å². The fraction of sp³-hybridized carbons (Fsp3) is 0.909. The standard InChI is InChI=1S/C11H20N2/c1-3-10-5-6-11(9(10)2)13-8-4-7-12/h9-11,13H,3-6,8H2,1-2H3. The average molecular weight is 180 g/mol. The van der Waals surface area contributed by atoms with Crippen LogP contribution in [0.5, 0.6) is 0 Å². The normalized spacial score (nSPS) is 33.2. The highest BCUT2D eigenvalue weighted by Crippen LogP contribution is 2.33. The molecule has 1 N–H and O–H groups in total. The van der Waals surface area contributed by atoms with Gasteiger partial charge in [-0.15, -0.1) is 0 Å². The van der Waals surface area contributed by atoms with Crippen LogP contribution in [-0.2, 0) is 0 Å². The van der Waals surface area contributed by atoms with Crippen LogP contribution in [0.15, 0.2) is 0 Å². The summed E-state index contributed by atoms with van der Waals surface area (Å²) in [5.74, 6) is 1.70. The van der Waals surface area contributed by atoms with Crippen molar-refractivity contribution in [3.05, 3.63) is 0 Å². The van der Waals surface area contributed by atoms with E-state index in [1.807, 2.05) is 0 Å². The number of nitrogens with zero attached hydrogens (tertiary/aromatic N) is 1. The van der Waals surface area contributed by atoms with E-state index < -0.39 is 0 Å². The topological polar surface area (TPSA) is 35.8 Å². The molecule has 2 nitrogen and oxygen atoms in total. The molecule has 3 atom stereocenters. The van der Waals surface area contributed by atoms with Crippen LogP contribution in [0.4, 0.5) is 0 Å². The predicted molar refractivity (Wildman–Crippen MR) is 54.2 cm³/mol. The van der Waals surface area contributed by atoms with Crippen molar-refractivity contribution in [2.45, 2.75) is 45.6 Å². The second kappa shape index (κ2) is 5.24. The van der Waals surface area contributed by atoms with E-state index in [0.717, 1.165) is 18.4 Å². The van der Waals surface area contributed by atoms with Crippen LogP contribution in [0.3, 0.4) is 0 Å². The Labute approximate surface area is 81.3 Å². The van der Waals surface area contributed by atoms with Gasteiger partial charge in [-0.1, -0.05) is 20.3 Å². The van der Waals surface area contributed by atoms with Gasteiger partial charge in [-0.25, -0.2) is 0 Å². The molecule has 0 aliphatic heterocycles. The van der Waals surface area contributed by atoms with Crippen molar-refractivity contribution in [1.29, 1.82) is 5.26 Å². The maximum atomic E-state index is 8.41. The molecule has 0 spiro atoms. The van der Waals surface area contributed by atoms with Gasteiger partial charge in [-0.2, -0.15) is 5.26 Å². The fourth-order valence-electron chi connectivity index (χ4n) is 2.43. The third-order valence-corrected chi connectivity index (χ3v) is 3.39. The van der Waals surface area contributed by atoms with Gasteiger partial charge in [-0.3, -0.25) is 0 Å². The highest BCUT2D eigenvalue weighted by molar-refractivity contribution is 4.87. The number of nitrogens with one attached hydrogen (secondary N) is 1. The van der Waals surface area contributed by atoms with Crippen LogP contribution < -0.4 is 5.32 Å². The summed E-state index contributed by atoms with van der Waals surface area (Å²) in [7, 11) is 0. The summed E-state index contributed by atoms with van der Waals surface area (Å²) >= 11 is 0. The van der Waals surface area contributed by atoms with Crippen molar-refractivity contribution >= 4 is 0 Å². The maximum Gasteiger partial charge on any atom is 0.0635 e. The smallest absolute Gasteiger partial charge is 0.0635 e. The Bertz CT molecular complexity index is 183. The highest BCUT2D eigenvalue weighted by Gasteiger charge is 2.30.